The zero-order chi connectivity index (χ0) is 11.6. The second-order valence-corrected chi connectivity index (χ2v) is 3.62. The number of halogens is 6. The molecule has 1 heterocycles. The Morgan fingerprint density at radius 2 is 1.80 bits per heavy atom. The molecule has 0 saturated heterocycles. The monoisotopic (exact) mass is 279 g/mol. The summed E-state index contributed by atoms with van der Waals surface area (Å²) in [6.45, 7) is -1.49. The Morgan fingerprint density at radius 1 is 1.20 bits per heavy atom. The molecule has 0 aromatic carbocycles. The molecule has 1 rings (SSSR count). The van der Waals surface area contributed by atoms with Gasteiger partial charge in [0.2, 0.25) is 5.88 Å². The minimum atomic E-state index is -4.46. The summed E-state index contributed by atoms with van der Waals surface area (Å²) < 4.78 is 39.7. The highest BCUT2D eigenvalue weighted by molar-refractivity contribution is 6.42. The third-order valence-corrected chi connectivity index (χ3v) is 2.17. The first-order chi connectivity index (χ1) is 6.79. The lowest BCUT2D eigenvalue weighted by molar-refractivity contribution is -0.154. The first-order valence-electron chi connectivity index (χ1n) is 3.50. The topological polar surface area (TPSA) is 22.1 Å². The van der Waals surface area contributed by atoms with E-state index in [0.29, 0.717) is 0 Å². The number of nitrogens with zero attached hydrogens (tertiary/aromatic N) is 1. The normalized spacial score (nSPS) is 11.6. The number of pyridine rings is 1. The lowest BCUT2D eigenvalue weighted by atomic mass is 10.5. The summed E-state index contributed by atoms with van der Waals surface area (Å²) in [5.74, 6) is -0.400. The molecule has 0 atom stereocenters. The molecule has 0 bridgehead atoms. The average molecular weight is 280 g/mol. The average Bonchev–Trinajstić information content (AvgIpc) is 2.07. The van der Waals surface area contributed by atoms with Crippen LogP contribution in [0.15, 0.2) is 6.07 Å². The molecule has 0 N–H and O–H groups in total. The van der Waals surface area contributed by atoms with Gasteiger partial charge in [-0.1, -0.05) is 34.8 Å². The summed E-state index contributed by atoms with van der Waals surface area (Å²) in [4.78, 5) is 3.45. The van der Waals surface area contributed by atoms with Crippen molar-refractivity contribution in [2.24, 2.45) is 0 Å². The molecule has 1 aromatic heterocycles. The highest BCUT2D eigenvalue weighted by atomic mass is 35.5. The van der Waals surface area contributed by atoms with E-state index in [9.17, 15) is 13.2 Å². The van der Waals surface area contributed by atoms with Crippen molar-refractivity contribution in [2.45, 2.75) is 6.18 Å². The molecule has 0 aliphatic rings. The van der Waals surface area contributed by atoms with Crippen molar-refractivity contribution in [3.63, 3.8) is 0 Å². The Morgan fingerprint density at radius 3 is 2.33 bits per heavy atom. The smallest absolute Gasteiger partial charge is 0.422 e. The molecule has 84 valence electrons. The van der Waals surface area contributed by atoms with Gasteiger partial charge in [-0.15, -0.1) is 0 Å². The third-order valence-electron chi connectivity index (χ3n) is 1.23. The van der Waals surface area contributed by atoms with Crippen LogP contribution in [0.25, 0.3) is 0 Å². The van der Waals surface area contributed by atoms with Gasteiger partial charge in [0.05, 0.1) is 5.02 Å². The molecule has 2 nitrogen and oxygen atoms in total. The quantitative estimate of drug-likeness (QED) is 0.764. The molecule has 0 aliphatic heterocycles. The van der Waals surface area contributed by atoms with Crippen LogP contribution in [0.2, 0.25) is 15.2 Å². The van der Waals surface area contributed by atoms with E-state index in [-0.39, 0.29) is 15.2 Å². The second kappa shape index (κ2) is 4.63. The predicted octanol–water partition coefficient (Wildman–Crippen LogP) is 3.98. The molecule has 0 aliphatic carbocycles. The van der Waals surface area contributed by atoms with Gasteiger partial charge in [-0.25, -0.2) is 0 Å². The molecule has 0 radical (unpaired) electrons. The molecule has 8 heteroatoms. The molecule has 15 heavy (non-hydrogen) atoms. The maximum atomic E-state index is 11.8. The molecule has 0 unspecified atom stereocenters. The Balaban J connectivity index is 2.82. The fourth-order valence-corrected chi connectivity index (χ4v) is 1.22. The Hall–Kier alpha value is -0.390. The molecule has 0 amide bonds. The van der Waals surface area contributed by atoms with Crippen LogP contribution in [0.4, 0.5) is 13.2 Å². The van der Waals surface area contributed by atoms with Crippen LogP contribution in [0.3, 0.4) is 0 Å². The number of hydrogen-bond donors (Lipinski definition) is 0. The first kappa shape index (κ1) is 12.7. The van der Waals surface area contributed by atoms with E-state index >= 15 is 0 Å². The van der Waals surface area contributed by atoms with Gasteiger partial charge in [0.25, 0.3) is 0 Å². The van der Waals surface area contributed by atoms with Crippen LogP contribution in [-0.2, 0) is 0 Å². The molecule has 0 saturated carbocycles. The first-order valence-corrected chi connectivity index (χ1v) is 4.64. The van der Waals surface area contributed by atoms with Crippen LogP contribution in [0.5, 0.6) is 5.88 Å². The van der Waals surface area contributed by atoms with Gasteiger partial charge in [-0.05, 0) is 6.07 Å². The van der Waals surface area contributed by atoms with Crippen molar-refractivity contribution >= 4 is 34.8 Å². The van der Waals surface area contributed by atoms with Crippen molar-refractivity contribution in [2.75, 3.05) is 6.61 Å². The zero-order valence-corrected chi connectivity index (χ0v) is 9.18. The number of ether oxygens (including phenoxy) is 1. The Bertz CT molecular complexity index is 369. The van der Waals surface area contributed by atoms with E-state index in [0.717, 1.165) is 6.07 Å². The van der Waals surface area contributed by atoms with Crippen LogP contribution in [0, 0.1) is 0 Å². The van der Waals surface area contributed by atoms with Crippen molar-refractivity contribution in [3.05, 3.63) is 21.3 Å². The van der Waals surface area contributed by atoms with E-state index in [1.165, 1.54) is 0 Å². The largest absolute Gasteiger partial charge is 0.467 e. The maximum Gasteiger partial charge on any atom is 0.422 e. The minimum Gasteiger partial charge on any atom is -0.467 e. The summed E-state index contributed by atoms with van der Waals surface area (Å²) in [6, 6.07) is 1.16. The summed E-state index contributed by atoms with van der Waals surface area (Å²) in [6.07, 6.45) is -4.46. The Labute approximate surface area is 97.9 Å². The summed E-state index contributed by atoms with van der Waals surface area (Å²) in [5, 5.41) is -0.257. The number of aromatic nitrogens is 1. The van der Waals surface area contributed by atoms with Gasteiger partial charge in [0, 0.05) is 0 Å². The summed E-state index contributed by atoms with van der Waals surface area (Å²) >= 11 is 16.5. The summed E-state index contributed by atoms with van der Waals surface area (Å²) in [5.41, 5.74) is 0. The fourth-order valence-electron chi connectivity index (χ4n) is 0.680. The zero-order valence-electron chi connectivity index (χ0n) is 6.91. The number of hydrogen-bond acceptors (Lipinski definition) is 2. The molecular weight excluding hydrogens is 277 g/mol. The third kappa shape index (κ3) is 3.93. The van der Waals surface area contributed by atoms with Gasteiger partial charge >= 0.3 is 6.18 Å². The Kier molecular flexibility index (Phi) is 3.92. The number of alkyl halides is 3. The number of rotatable bonds is 2. The standard InChI is InChI=1S/C7H3Cl3F3NO/c8-3-1-4(9)6(14-5(3)10)15-2-7(11,12)13/h1H,2H2. The van der Waals surface area contributed by atoms with Crippen molar-refractivity contribution < 1.29 is 17.9 Å². The highest BCUT2D eigenvalue weighted by Gasteiger charge is 2.29. The van der Waals surface area contributed by atoms with Gasteiger partial charge in [0.15, 0.2) is 11.8 Å². The van der Waals surface area contributed by atoms with E-state index in [1.807, 2.05) is 0 Å². The van der Waals surface area contributed by atoms with Crippen LogP contribution < -0.4 is 4.74 Å². The molecule has 0 spiro atoms. The lowest BCUT2D eigenvalue weighted by Gasteiger charge is -2.09. The maximum absolute atomic E-state index is 11.8. The lowest BCUT2D eigenvalue weighted by Crippen LogP contribution is -2.19. The predicted molar refractivity (Wildman–Crippen MR) is 50.8 cm³/mol. The summed E-state index contributed by atoms with van der Waals surface area (Å²) in [7, 11) is 0. The van der Waals surface area contributed by atoms with E-state index in [4.69, 9.17) is 34.8 Å². The molecular formula is C7H3Cl3F3NO. The van der Waals surface area contributed by atoms with E-state index in [1.54, 1.807) is 0 Å². The molecule has 1 aromatic rings. The fraction of sp³-hybridized carbons (Fsp3) is 0.286. The van der Waals surface area contributed by atoms with Crippen LogP contribution >= 0.6 is 34.8 Å². The van der Waals surface area contributed by atoms with E-state index < -0.39 is 18.7 Å². The van der Waals surface area contributed by atoms with Gasteiger partial charge in [-0.3, -0.25) is 0 Å². The molecule has 0 fully saturated rings. The van der Waals surface area contributed by atoms with Crippen molar-refractivity contribution in [1.29, 1.82) is 0 Å². The SMILES string of the molecule is FC(F)(F)COc1nc(Cl)c(Cl)cc1Cl. The second-order valence-electron chi connectivity index (χ2n) is 2.45. The van der Waals surface area contributed by atoms with Crippen molar-refractivity contribution in [1.82, 2.24) is 4.98 Å². The van der Waals surface area contributed by atoms with Crippen LogP contribution in [-0.4, -0.2) is 17.8 Å². The van der Waals surface area contributed by atoms with Gasteiger partial charge < -0.3 is 4.74 Å². The van der Waals surface area contributed by atoms with Crippen molar-refractivity contribution in [3.8, 4) is 5.88 Å². The van der Waals surface area contributed by atoms with E-state index in [2.05, 4.69) is 9.72 Å². The minimum absolute atomic E-state index is 0.0426. The van der Waals surface area contributed by atoms with Gasteiger partial charge in [-0.2, -0.15) is 18.2 Å². The van der Waals surface area contributed by atoms with Gasteiger partial charge in [0.1, 0.15) is 5.02 Å². The van der Waals surface area contributed by atoms with Crippen LogP contribution in [0.1, 0.15) is 0 Å². The highest BCUT2D eigenvalue weighted by Crippen LogP contribution is 2.31.